The highest BCUT2D eigenvalue weighted by atomic mass is 35.5. The van der Waals surface area contributed by atoms with Gasteiger partial charge in [0.15, 0.2) is 11.6 Å². The molecule has 7 nitrogen and oxygen atoms in total. The zero-order valence-electron chi connectivity index (χ0n) is 21.3. The van der Waals surface area contributed by atoms with Crippen LogP contribution in [0.2, 0.25) is 0 Å². The lowest BCUT2D eigenvalue weighted by Crippen LogP contribution is -2.50. The molecule has 1 amide bonds. The number of nitrogens with one attached hydrogen (secondary N) is 2. The molecule has 5 rings (SSSR count). The number of piperidine rings is 1. The Morgan fingerprint density at radius 1 is 1.13 bits per heavy atom. The van der Waals surface area contributed by atoms with Gasteiger partial charge in [0.25, 0.3) is 0 Å². The average Bonchev–Trinajstić information content (AvgIpc) is 3.68. The third-order valence-corrected chi connectivity index (χ3v) is 7.64. The second-order valence-corrected chi connectivity index (χ2v) is 10.3. The van der Waals surface area contributed by atoms with Gasteiger partial charge in [-0.15, -0.1) is 12.4 Å². The number of amides is 1. The second-order valence-electron chi connectivity index (χ2n) is 10.3. The predicted octanol–water partition coefficient (Wildman–Crippen LogP) is 3.09. The van der Waals surface area contributed by atoms with Gasteiger partial charge in [-0.3, -0.25) is 9.69 Å². The largest absolute Gasteiger partial charge is 0.485 e. The molecule has 11 heteroatoms. The summed E-state index contributed by atoms with van der Waals surface area (Å²) in [7, 11) is 0. The Balaban J connectivity index is 0.00000336. The fourth-order valence-electron chi connectivity index (χ4n) is 5.31. The van der Waals surface area contributed by atoms with E-state index >= 15 is 0 Å². The molecule has 3 aliphatic rings. The molecule has 0 spiro atoms. The van der Waals surface area contributed by atoms with Gasteiger partial charge < -0.3 is 20.3 Å². The number of pyridine rings is 1. The third kappa shape index (κ3) is 7.16. The number of halogens is 4. The number of ether oxygens (including phenoxy) is 1. The van der Waals surface area contributed by atoms with E-state index in [4.69, 9.17) is 4.74 Å². The van der Waals surface area contributed by atoms with Gasteiger partial charge in [-0.05, 0) is 49.9 Å². The number of carbonyl (C=O) groups excluding carboxylic acids is 1. The van der Waals surface area contributed by atoms with Crippen molar-refractivity contribution in [3.8, 4) is 5.75 Å². The summed E-state index contributed by atoms with van der Waals surface area (Å²) in [6.45, 7) is 6.34. The molecule has 0 bridgehead atoms. The number of carbonyl (C=O) groups is 1. The first-order valence-corrected chi connectivity index (χ1v) is 13.1. The molecule has 3 heterocycles. The number of piperazine rings is 1. The van der Waals surface area contributed by atoms with E-state index < -0.39 is 17.6 Å². The minimum Gasteiger partial charge on any atom is -0.485 e. The van der Waals surface area contributed by atoms with Crippen LogP contribution >= 0.6 is 12.4 Å². The summed E-state index contributed by atoms with van der Waals surface area (Å²) in [4.78, 5) is 20.4. The number of nitrogens with zero attached hydrogens (tertiary/aromatic N) is 3. The Morgan fingerprint density at radius 2 is 1.89 bits per heavy atom. The molecule has 3 fully saturated rings. The molecule has 2 saturated heterocycles. The number of rotatable bonds is 9. The lowest BCUT2D eigenvalue weighted by atomic mass is 9.96. The first-order chi connectivity index (χ1) is 18.0. The van der Waals surface area contributed by atoms with Crippen molar-refractivity contribution in [2.24, 2.45) is 5.92 Å². The Kier molecular flexibility index (Phi) is 9.86. The fourth-order valence-corrected chi connectivity index (χ4v) is 5.31. The first-order valence-electron chi connectivity index (χ1n) is 13.1. The minimum absolute atomic E-state index is 0. The highest BCUT2D eigenvalue weighted by Gasteiger charge is 2.41. The minimum atomic E-state index is -0.789. The van der Waals surface area contributed by atoms with Crippen molar-refractivity contribution in [2.45, 2.75) is 37.8 Å². The van der Waals surface area contributed by atoms with E-state index in [0.29, 0.717) is 18.0 Å². The van der Waals surface area contributed by atoms with Crippen LogP contribution in [-0.2, 0) is 11.4 Å². The summed E-state index contributed by atoms with van der Waals surface area (Å²) in [5.41, 5.74) is 0.674. The smallest absolute Gasteiger partial charge is 0.236 e. The van der Waals surface area contributed by atoms with Crippen molar-refractivity contribution in [3.63, 3.8) is 0 Å². The van der Waals surface area contributed by atoms with Crippen LogP contribution in [0.15, 0.2) is 30.5 Å². The predicted molar refractivity (Wildman–Crippen MR) is 140 cm³/mol. The number of hydrogen-bond donors (Lipinski definition) is 2. The standard InChI is InChI=1S/C27H34F3N5O2.ClH/c28-20-12-22(26(23(29)13-20)37-17-19-2-1-5-32-27(19)30)21-14-24(21)33-15-18-3-8-35(9-4-18)25(36)16-34-10-6-31-7-11-34;/h1-2,5,12-13,18,21,24,31,33H,3-4,6-11,14-17H2;1H/t21-,24+;/m0./s1. The van der Waals surface area contributed by atoms with Crippen LogP contribution < -0.4 is 15.4 Å². The molecule has 208 valence electrons. The Hall–Kier alpha value is -2.40. The molecule has 2 aromatic rings. The maximum Gasteiger partial charge on any atom is 0.236 e. The summed E-state index contributed by atoms with van der Waals surface area (Å²) in [6.07, 6.45) is 3.97. The lowest BCUT2D eigenvalue weighted by Gasteiger charge is -2.34. The summed E-state index contributed by atoms with van der Waals surface area (Å²) < 4.78 is 48.2. The highest BCUT2D eigenvalue weighted by Crippen LogP contribution is 2.46. The molecule has 1 aromatic carbocycles. The number of hydrogen-bond acceptors (Lipinski definition) is 6. The van der Waals surface area contributed by atoms with Crippen molar-refractivity contribution in [1.29, 1.82) is 0 Å². The highest BCUT2D eigenvalue weighted by molar-refractivity contribution is 5.85. The fraction of sp³-hybridized carbons (Fsp3) is 0.556. The maximum atomic E-state index is 14.6. The monoisotopic (exact) mass is 553 g/mol. The molecular weight excluding hydrogens is 519 g/mol. The van der Waals surface area contributed by atoms with E-state index in [9.17, 15) is 18.0 Å². The normalized spacial score (nSPS) is 22.1. The van der Waals surface area contributed by atoms with Gasteiger partial charge in [0, 0.05) is 74.6 Å². The Morgan fingerprint density at radius 3 is 2.63 bits per heavy atom. The van der Waals surface area contributed by atoms with Crippen molar-refractivity contribution in [2.75, 3.05) is 52.4 Å². The van der Waals surface area contributed by atoms with E-state index in [2.05, 4.69) is 20.5 Å². The third-order valence-electron chi connectivity index (χ3n) is 7.64. The molecular formula is C27H35ClF3N5O2. The Bertz CT molecular complexity index is 1100. The molecule has 1 aromatic heterocycles. The van der Waals surface area contributed by atoms with Crippen molar-refractivity contribution in [1.82, 2.24) is 25.4 Å². The van der Waals surface area contributed by atoms with E-state index in [0.717, 1.165) is 71.1 Å². The van der Waals surface area contributed by atoms with Gasteiger partial charge in [-0.25, -0.2) is 13.8 Å². The first kappa shape index (κ1) is 28.6. The zero-order chi connectivity index (χ0) is 25.8. The topological polar surface area (TPSA) is 69.7 Å². The zero-order valence-corrected chi connectivity index (χ0v) is 22.1. The van der Waals surface area contributed by atoms with E-state index in [-0.39, 0.29) is 48.2 Å². The van der Waals surface area contributed by atoms with E-state index in [1.165, 1.54) is 18.3 Å². The quantitative estimate of drug-likeness (QED) is 0.465. The van der Waals surface area contributed by atoms with Crippen LogP contribution in [0, 0.1) is 23.5 Å². The molecule has 1 aliphatic carbocycles. The summed E-state index contributed by atoms with van der Waals surface area (Å²) in [6, 6.07) is 5.31. The lowest BCUT2D eigenvalue weighted by molar-refractivity contribution is -0.133. The Labute approximate surface area is 227 Å². The van der Waals surface area contributed by atoms with Crippen LogP contribution in [0.5, 0.6) is 5.75 Å². The van der Waals surface area contributed by atoms with Crippen LogP contribution in [0.4, 0.5) is 13.2 Å². The van der Waals surface area contributed by atoms with Gasteiger partial charge in [0.1, 0.15) is 12.4 Å². The van der Waals surface area contributed by atoms with Gasteiger partial charge >= 0.3 is 0 Å². The van der Waals surface area contributed by atoms with Crippen molar-refractivity contribution >= 4 is 18.3 Å². The van der Waals surface area contributed by atoms with Crippen molar-refractivity contribution in [3.05, 3.63) is 59.2 Å². The average molecular weight is 554 g/mol. The second kappa shape index (κ2) is 13.1. The van der Waals surface area contributed by atoms with Crippen LogP contribution in [-0.4, -0.2) is 79.1 Å². The molecule has 0 radical (unpaired) electrons. The number of likely N-dealkylation sites (tertiary alicyclic amines) is 1. The summed E-state index contributed by atoms with van der Waals surface area (Å²) in [5, 5.41) is 6.85. The van der Waals surface area contributed by atoms with Crippen molar-refractivity contribution < 1.29 is 22.7 Å². The molecule has 0 unspecified atom stereocenters. The number of aromatic nitrogens is 1. The van der Waals surface area contributed by atoms with Gasteiger partial charge in [0.2, 0.25) is 11.9 Å². The molecule has 2 aliphatic heterocycles. The van der Waals surface area contributed by atoms with Crippen LogP contribution in [0.3, 0.4) is 0 Å². The van der Waals surface area contributed by atoms with Crippen LogP contribution in [0.1, 0.15) is 36.3 Å². The molecule has 2 atom stereocenters. The summed E-state index contributed by atoms with van der Waals surface area (Å²) in [5.74, 6) is -1.55. The van der Waals surface area contributed by atoms with E-state index in [1.807, 2.05) is 4.90 Å². The summed E-state index contributed by atoms with van der Waals surface area (Å²) >= 11 is 0. The van der Waals surface area contributed by atoms with Gasteiger partial charge in [-0.2, -0.15) is 4.39 Å². The van der Waals surface area contributed by atoms with Gasteiger partial charge in [-0.1, -0.05) is 0 Å². The molecule has 38 heavy (non-hydrogen) atoms. The molecule has 2 N–H and O–H groups in total. The SMILES string of the molecule is Cl.O=C(CN1CCNCC1)N1CCC(CN[C@@H]2C[C@H]2c2cc(F)cc(F)c2OCc2cccnc2F)CC1. The molecule has 1 saturated carbocycles. The van der Waals surface area contributed by atoms with Gasteiger partial charge in [0.05, 0.1) is 6.54 Å². The van der Waals surface area contributed by atoms with Crippen LogP contribution in [0.25, 0.3) is 0 Å². The maximum absolute atomic E-state index is 14.6. The number of benzene rings is 1. The van der Waals surface area contributed by atoms with E-state index in [1.54, 1.807) is 6.07 Å².